The maximum atomic E-state index is 13.0. The Morgan fingerprint density at radius 1 is 1.10 bits per heavy atom. The number of hydrogen-bond donors (Lipinski definition) is 1. The van der Waals surface area contributed by atoms with E-state index < -0.39 is 10.0 Å². The van der Waals surface area contributed by atoms with Gasteiger partial charge in [-0.1, -0.05) is 29.8 Å². The van der Waals surface area contributed by atoms with Crippen LogP contribution in [0.1, 0.15) is 17.0 Å². The van der Waals surface area contributed by atoms with Crippen molar-refractivity contribution in [2.75, 3.05) is 18.9 Å². The van der Waals surface area contributed by atoms with E-state index in [-0.39, 0.29) is 10.6 Å². The topological polar surface area (TPSA) is 82.5 Å². The van der Waals surface area contributed by atoms with Crippen molar-refractivity contribution in [3.8, 4) is 11.5 Å². The summed E-state index contributed by atoms with van der Waals surface area (Å²) < 4.78 is 40.8. The maximum absolute atomic E-state index is 13.0. The zero-order valence-electron chi connectivity index (χ0n) is 16.6. The third kappa shape index (κ3) is 4.33. The molecule has 0 fully saturated rings. The quantitative estimate of drug-likeness (QED) is 0.606. The predicted octanol–water partition coefficient (Wildman–Crippen LogP) is 4.02. The summed E-state index contributed by atoms with van der Waals surface area (Å²) in [6, 6.07) is 12.0. The molecule has 0 saturated heterocycles. The van der Waals surface area contributed by atoms with Crippen LogP contribution in [0.5, 0.6) is 11.5 Å². The smallest absolute Gasteiger partial charge is 0.265 e. The Bertz CT molecular complexity index is 1140. The first kappa shape index (κ1) is 21.0. The lowest BCUT2D eigenvalue weighted by atomic mass is 10.2. The summed E-state index contributed by atoms with van der Waals surface area (Å²) in [4.78, 5) is 0.0125. The lowest BCUT2D eigenvalue weighted by Crippen LogP contribution is -2.15. The molecule has 0 atom stereocenters. The van der Waals surface area contributed by atoms with Crippen molar-refractivity contribution in [2.24, 2.45) is 0 Å². The summed E-state index contributed by atoms with van der Waals surface area (Å²) in [5, 5.41) is 5.10. The molecule has 7 nitrogen and oxygen atoms in total. The van der Waals surface area contributed by atoms with Crippen LogP contribution in [0.3, 0.4) is 0 Å². The van der Waals surface area contributed by atoms with Crippen LogP contribution in [-0.2, 0) is 16.6 Å². The summed E-state index contributed by atoms with van der Waals surface area (Å²) in [5.74, 6) is 0.691. The molecule has 0 bridgehead atoms. The van der Waals surface area contributed by atoms with Gasteiger partial charge in [-0.2, -0.15) is 5.10 Å². The summed E-state index contributed by atoms with van der Waals surface area (Å²) >= 11 is 6.24. The van der Waals surface area contributed by atoms with E-state index in [1.165, 1.54) is 26.4 Å². The number of hydrogen-bond acceptors (Lipinski definition) is 5. The molecule has 0 aliphatic rings. The van der Waals surface area contributed by atoms with Crippen molar-refractivity contribution in [3.05, 3.63) is 64.4 Å². The highest BCUT2D eigenvalue weighted by atomic mass is 35.5. The molecule has 3 rings (SSSR count). The monoisotopic (exact) mass is 435 g/mol. The van der Waals surface area contributed by atoms with Crippen LogP contribution in [0.2, 0.25) is 5.02 Å². The van der Waals surface area contributed by atoms with Crippen LogP contribution in [0.25, 0.3) is 0 Å². The Morgan fingerprint density at radius 2 is 1.83 bits per heavy atom. The molecule has 0 saturated carbocycles. The molecule has 9 heteroatoms. The Kier molecular flexibility index (Phi) is 6.04. The largest absolute Gasteiger partial charge is 0.497 e. The lowest BCUT2D eigenvalue weighted by Gasteiger charge is -2.13. The number of ether oxygens (including phenoxy) is 2. The number of aromatic nitrogens is 2. The van der Waals surface area contributed by atoms with Gasteiger partial charge in [-0.3, -0.25) is 9.40 Å². The summed E-state index contributed by atoms with van der Waals surface area (Å²) in [7, 11) is -0.994. The van der Waals surface area contributed by atoms with Crippen molar-refractivity contribution in [3.63, 3.8) is 0 Å². The number of halogens is 1. The molecule has 1 aromatic heterocycles. The lowest BCUT2D eigenvalue weighted by molar-refractivity contribution is 0.386. The highest BCUT2D eigenvalue weighted by molar-refractivity contribution is 7.92. The van der Waals surface area contributed by atoms with Gasteiger partial charge < -0.3 is 9.47 Å². The molecule has 2 aromatic carbocycles. The molecule has 0 aliphatic heterocycles. The van der Waals surface area contributed by atoms with Crippen molar-refractivity contribution >= 4 is 27.3 Å². The molecule has 29 heavy (non-hydrogen) atoms. The first-order valence-corrected chi connectivity index (χ1v) is 10.6. The van der Waals surface area contributed by atoms with E-state index in [9.17, 15) is 8.42 Å². The highest BCUT2D eigenvalue weighted by Gasteiger charge is 2.24. The molecular weight excluding hydrogens is 414 g/mol. The van der Waals surface area contributed by atoms with Crippen molar-refractivity contribution < 1.29 is 17.9 Å². The fraction of sp³-hybridized carbons (Fsp3) is 0.250. The minimum atomic E-state index is -3.90. The molecule has 0 aliphatic carbocycles. The second-order valence-electron chi connectivity index (χ2n) is 6.42. The maximum Gasteiger partial charge on any atom is 0.265 e. The van der Waals surface area contributed by atoms with E-state index in [2.05, 4.69) is 9.82 Å². The van der Waals surface area contributed by atoms with Gasteiger partial charge in [0.05, 0.1) is 37.8 Å². The molecule has 1 heterocycles. The summed E-state index contributed by atoms with van der Waals surface area (Å²) in [6.07, 6.45) is 0. The second kappa shape index (κ2) is 8.34. The van der Waals surface area contributed by atoms with Gasteiger partial charge in [0, 0.05) is 11.1 Å². The van der Waals surface area contributed by atoms with Gasteiger partial charge in [0.25, 0.3) is 10.0 Å². The second-order valence-corrected chi connectivity index (χ2v) is 8.48. The minimum absolute atomic E-state index is 0.0125. The van der Waals surface area contributed by atoms with Gasteiger partial charge in [0.1, 0.15) is 16.4 Å². The number of aryl methyl sites for hydroxylation is 1. The van der Waals surface area contributed by atoms with Gasteiger partial charge in [0.15, 0.2) is 0 Å². The third-order valence-corrected chi connectivity index (χ3v) is 6.31. The molecular formula is C20H22ClN3O4S. The molecule has 0 radical (unpaired) electrons. The van der Waals surface area contributed by atoms with Crippen molar-refractivity contribution in [1.29, 1.82) is 0 Å². The van der Waals surface area contributed by atoms with E-state index in [0.717, 1.165) is 5.56 Å². The van der Waals surface area contributed by atoms with Crippen molar-refractivity contribution in [1.82, 2.24) is 9.78 Å². The number of nitrogens with zero attached hydrogens (tertiary/aromatic N) is 2. The van der Waals surface area contributed by atoms with E-state index in [0.29, 0.717) is 34.4 Å². The SMILES string of the molecule is COc1ccc(S(=O)(=O)Nc2c(C)nn(Cc3ccccc3Cl)c2C)c(OC)c1. The van der Waals surface area contributed by atoms with E-state index in [1.54, 1.807) is 24.6 Å². The average molecular weight is 436 g/mol. The number of anilines is 1. The normalized spacial score (nSPS) is 11.3. The number of nitrogens with one attached hydrogen (secondary N) is 1. The van der Waals surface area contributed by atoms with Gasteiger partial charge >= 0.3 is 0 Å². The van der Waals surface area contributed by atoms with E-state index >= 15 is 0 Å². The molecule has 0 spiro atoms. The van der Waals surface area contributed by atoms with Crippen LogP contribution in [-0.4, -0.2) is 32.4 Å². The van der Waals surface area contributed by atoms with Crippen LogP contribution < -0.4 is 14.2 Å². The molecule has 0 amide bonds. The third-order valence-electron chi connectivity index (χ3n) is 4.56. The minimum Gasteiger partial charge on any atom is -0.497 e. The molecule has 154 valence electrons. The van der Waals surface area contributed by atoms with Gasteiger partial charge in [-0.25, -0.2) is 8.42 Å². The Hall–Kier alpha value is -2.71. The van der Waals surface area contributed by atoms with E-state index in [1.807, 2.05) is 24.3 Å². The van der Waals surface area contributed by atoms with Crippen LogP contribution in [0.4, 0.5) is 5.69 Å². The predicted molar refractivity (Wildman–Crippen MR) is 113 cm³/mol. The summed E-state index contributed by atoms with van der Waals surface area (Å²) in [6.45, 7) is 3.99. The van der Waals surface area contributed by atoms with Crippen LogP contribution in [0, 0.1) is 13.8 Å². The average Bonchev–Trinajstić information content (AvgIpc) is 2.96. The van der Waals surface area contributed by atoms with E-state index in [4.69, 9.17) is 21.1 Å². The number of sulfonamides is 1. The zero-order valence-corrected chi connectivity index (χ0v) is 18.1. The zero-order chi connectivity index (χ0) is 21.2. The Labute approximate surface area is 175 Å². The van der Waals surface area contributed by atoms with Gasteiger partial charge in [0.2, 0.25) is 0 Å². The highest BCUT2D eigenvalue weighted by Crippen LogP contribution is 2.31. The molecule has 0 unspecified atom stereocenters. The Balaban J connectivity index is 1.94. The Morgan fingerprint density at radius 3 is 2.48 bits per heavy atom. The fourth-order valence-corrected chi connectivity index (χ4v) is 4.50. The van der Waals surface area contributed by atoms with Gasteiger partial charge in [-0.05, 0) is 37.6 Å². The molecule has 3 aromatic rings. The molecule has 1 N–H and O–H groups in total. The van der Waals surface area contributed by atoms with Crippen LogP contribution >= 0.6 is 11.6 Å². The number of rotatable bonds is 7. The first-order valence-electron chi connectivity index (χ1n) is 8.79. The van der Waals surface area contributed by atoms with Crippen molar-refractivity contribution in [2.45, 2.75) is 25.3 Å². The van der Waals surface area contributed by atoms with Gasteiger partial charge in [-0.15, -0.1) is 0 Å². The fourth-order valence-electron chi connectivity index (χ4n) is 2.97. The summed E-state index contributed by atoms with van der Waals surface area (Å²) in [5.41, 5.74) is 2.56. The standard InChI is InChI=1S/C20H22ClN3O4S/c1-13-20(14(2)24(22-13)12-15-7-5-6-8-17(15)21)23-29(25,26)19-10-9-16(27-3)11-18(19)28-4/h5-11,23H,12H2,1-4H3. The first-order chi connectivity index (χ1) is 13.8. The number of benzene rings is 2. The van der Waals surface area contributed by atoms with Crippen LogP contribution in [0.15, 0.2) is 47.4 Å². The number of methoxy groups -OCH3 is 2.